The van der Waals surface area contributed by atoms with E-state index in [4.69, 9.17) is 9.47 Å². The molecule has 0 bridgehead atoms. The molecule has 0 aromatic heterocycles. The maximum absolute atomic E-state index is 12.0. The lowest BCUT2D eigenvalue weighted by Crippen LogP contribution is -2.42. The Labute approximate surface area is 195 Å². The van der Waals surface area contributed by atoms with E-state index in [9.17, 15) is 4.79 Å². The van der Waals surface area contributed by atoms with E-state index in [1.807, 2.05) is 49.4 Å². The lowest BCUT2D eigenvalue weighted by Gasteiger charge is -2.16. The molecule has 0 radical (unpaired) electrons. The SMILES string of the molecule is COc1ccc(CN=C(NCC(=O)N(C)C)NCc2ccc(C)cc2OC)cc1.I. The summed E-state index contributed by atoms with van der Waals surface area (Å²) >= 11 is 0. The van der Waals surface area contributed by atoms with E-state index in [-0.39, 0.29) is 36.4 Å². The van der Waals surface area contributed by atoms with E-state index < -0.39 is 0 Å². The summed E-state index contributed by atoms with van der Waals surface area (Å²) in [5.41, 5.74) is 3.18. The number of nitrogens with zero attached hydrogens (tertiary/aromatic N) is 2. The molecule has 0 saturated heterocycles. The highest BCUT2D eigenvalue weighted by Gasteiger charge is 2.08. The number of likely N-dealkylation sites (N-methyl/N-ethyl adjacent to an activating group) is 1. The number of hydrogen-bond acceptors (Lipinski definition) is 4. The maximum atomic E-state index is 12.0. The van der Waals surface area contributed by atoms with Gasteiger partial charge in [-0.3, -0.25) is 4.79 Å². The first-order chi connectivity index (χ1) is 13.9. The van der Waals surface area contributed by atoms with Gasteiger partial charge >= 0.3 is 0 Å². The quantitative estimate of drug-likeness (QED) is 0.315. The summed E-state index contributed by atoms with van der Waals surface area (Å²) in [4.78, 5) is 18.1. The number of rotatable bonds is 8. The van der Waals surface area contributed by atoms with E-state index in [0.717, 1.165) is 28.2 Å². The summed E-state index contributed by atoms with van der Waals surface area (Å²) in [5.74, 6) is 2.14. The Kier molecular flexibility index (Phi) is 11.0. The van der Waals surface area contributed by atoms with Gasteiger partial charge < -0.3 is 25.0 Å². The molecular formula is C22H31IN4O3. The van der Waals surface area contributed by atoms with Gasteiger partial charge in [0.2, 0.25) is 5.91 Å². The number of amides is 1. The number of methoxy groups -OCH3 is 2. The van der Waals surface area contributed by atoms with Crippen molar-refractivity contribution in [2.24, 2.45) is 4.99 Å². The lowest BCUT2D eigenvalue weighted by molar-refractivity contribution is -0.127. The second-order valence-corrected chi connectivity index (χ2v) is 6.82. The fourth-order valence-corrected chi connectivity index (χ4v) is 2.57. The number of aryl methyl sites for hydroxylation is 1. The van der Waals surface area contributed by atoms with E-state index in [1.54, 1.807) is 28.3 Å². The van der Waals surface area contributed by atoms with Gasteiger partial charge in [-0.05, 0) is 36.2 Å². The number of carbonyl (C=O) groups excluding carboxylic acids is 1. The molecule has 7 nitrogen and oxygen atoms in total. The van der Waals surface area contributed by atoms with E-state index in [1.165, 1.54) is 4.90 Å². The Morgan fingerprint density at radius 2 is 1.73 bits per heavy atom. The van der Waals surface area contributed by atoms with Gasteiger partial charge in [-0.2, -0.15) is 0 Å². The number of guanidine groups is 1. The molecule has 2 N–H and O–H groups in total. The number of benzene rings is 2. The monoisotopic (exact) mass is 526 g/mol. The first-order valence-corrected chi connectivity index (χ1v) is 9.41. The highest BCUT2D eigenvalue weighted by molar-refractivity contribution is 14.0. The number of nitrogens with one attached hydrogen (secondary N) is 2. The molecule has 0 heterocycles. The molecule has 0 unspecified atom stereocenters. The zero-order valence-electron chi connectivity index (χ0n) is 18.2. The Balaban J connectivity index is 0.00000450. The topological polar surface area (TPSA) is 75.2 Å². The molecule has 2 rings (SSSR count). The van der Waals surface area contributed by atoms with Crippen LogP contribution >= 0.6 is 24.0 Å². The Hall–Kier alpha value is -2.49. The van der Waals surface area contributed by atoms with Gasteiger partial charge in [0.1, 0.15) is 11.5 Å². The van der Waals surface area contributed by atoms with Crippen LogP contribution in [0.2, 0.25) is 0 Å². The van der Waals surface area contributed by atoms with Crippen LogP contribution in [0.4, 0.5) is 0 Å². The second kappa shape index (κ2) is 12.9. The van der Waals surface area contributed by atoms with Gasteiger partial charge in [0.25, 0.3) is 0 Å². The van der Waals surface area contributed by atoms with Crippen molar-refractivity contribution in [3.8, 4) is 11.5 Å². The van der Waals surface area contributed by atoms with Crippen LogP contribution in [0.25, 0.3) is 0 Å². The largest absolute Gasteiger partial charge is 0.497 e. The van der Waals surface area contributed by atoms with Gasteiger partial charge in [-0.15, -0.1) is 24.0 Å². The molecular weight excluding hydrogens is 495 g/mol. The number of hydrogen-bond donors (Lipinski definition) is 2. The van der Waals surface area contributed by atoms with Crippen molar-refractivity contribution in [2.75, 3.05) is 34.9 Å². The molecule has 2 aromatic carbocycles. The lowest BCUT2D eigenvalue weighted by atomic mass is 10.1. The predicted octanol–water partition coefficient (Wildman–Crippen LogP) is 2.95. The van der Waals surface area contributed by atoms with Crippen LogP contribution in [0.3, 0.4) is 0 Å². The Morgan fingerprint density at radius 1 is 1.03 bits per heavy atom. The first-order valence-electron chi connectivity index (χ1n) is 9.41. The molecule has 0 saturated carbocycles. The number of ether oxygens (including phenoxy) is 2. The average molecular weight is 526 g/mol. The van der Waals surface area contributed by atoms with Crippen molar-refractivity contribution in [3.63, 3.8) is 0 Å². The summed E-state index contributed by atoms with van der Waals surface area (Å²) in [6, 6.07) is 13.8. The predicted molar refractivity (Wildman–Crippen MR) is 131 cm³/mol. The molecule has 0 aliphatic heterocycles. The zero-order chi connectivity index (χ0) is 21.2. The average Bonchev–Trinajstić information content (AvgIpc) is 2.73. The molecule has 0 fully saturated rings. The molecule has 1 amide bonds. The fourth-order valence-electron chi connectivity index (χ4n) is 2.57. The van der Waals surface area contributed by atoms with Gasteiger partial charge in [0.15, 0.2) is 5.96 Å². The van der Waals surface area contributed by atoms with E-state index in [0.29, 0.717) is 19.0 Å². The normalized spacial score (nSPS) is 10.6. The van der Waals surface area contributed by atoms with Crippen LogP contribution in [0.15, 0.2) is 47.5 Å². The third kappa shape index (κ3) is 8.10. The van der Waals surface area contributed by atoms with Gasteiger partial charge in [-0.1, -0.05) is 24.3 Å². The van der Waals surface area contributed by atoms with Crippen LogP contribution in [-0.2, 0) is 17.9 Å². The van der Waals surface area contributed by atoms with Crippen molar-refractivity contribution < 1.29 is 14.3 Å². The van der Waals surface area contributed by atoms with E-state index >= 15 is 0 Å². The van der Waals surface area contributed by atoms with Crippen LogP contribution in [0, 0.1) is 6.92 Å². The third-order valence-corrected chi connectivity index (χ3v) is 4.37. The minimum Gasteiger partial charge on any atom is -0.497 e. The minimum atomic E-state index is -0.0307. The third-order valence-electron chi connectivity index (χ3n) is 4.37. The molecule has 0 atom stereocenters. The first kappa shape index (κ1) is 25.5. The summed E-state index contributed by atoms with van der Waals surface area (Å²) in [6.07, 6.45) is 0. The standard InChI is InChI=1S/C22H30N4O3.HI/c1-16-6-9-18(20(12-16)29-5)14-24-22(25-15-21(27)26(2)3)23-13-17-7-10-19(28-4)11-8-17;/h6-12H,13-15H2,1-5H3,(H2,23,24,25);1H. The molecule has 2 aromatic rings. The Bertz CT molecular complexity index is 839. The zero-order valence-corrected chi connectivity index (χ0v) is 20.5. The van der Waals surface area contributed by atoms with Crippen molar-refractivity contribution in [3.05, 3.63) is 59.2 Å². The van der Waals surface area contributed by atoms with Crippen molar-refractivity contribution in [1.82, 2.24) is 15.5 Å². The van der Waals surface area contributed by atoms with Gasteiger partial charge in [0.05, 0.1) is 27.3 Å². The van der Waals surface area contributed by atoms with E-state index in [2.05, 4.69) is 15.6 Å². The van der Waals surface area contributed by atoms with Crippen LogP contribution in [-0.4, -0.2) is 51.6 Å². The van der Waals surface area contributed by atoms with Gasteiger partial charge in [0, 0.05) is 26.2 Å². The van der Waals surface area contributed by atoms with Crippen LogP contribution in [0.1, 0.15) is 16.7 Å². The Morgan fingerprint density at radius 3 is 2.33 bits per heavy atom. The van der Waals surface area contributed by atoms with Crippen molar-refractivity contribution in [2.45, 2.75) is 20.0 Å². The smallest absolute Gasteiger partial charge is 0.241 e. The summed E-state index contributed by atoms with van der Waals surface area (Å²) in [7, 11) is 6.75. The number of aliphatic imine (C=N–C) groups is 1. The molecule has 0 spiro atoms. The van der Waals surface area contributed by atoms with Crippen molar-refractivity contribution >= 4 is 35.8 Å². The number of halogens is 1. The fraction of sp³-hybridized carbons (Fsp3) is 0.364. The maximum Gasteiger partial charge on any atom is 0.241 e. The van der Waals surface area contributed by atoms with Crippen LogP contribution < -0.4 is 20.1 Å². The molecule has 164 valence electrons. The van der Waals surface area contributed by atoms with Crippen molar-refractivity contribution in [1.29, 1.82) is 0 Å². The minimum absolute atomic E-state index is 0. The second-order valence-electron chi connectivity index (χ2n) is 6.82. The molecule has 8 heteroatoms. The summed E-state index contributed by atoms with van der Waals surface area (Å²) in [6.45, 7) is 3.18. The summed E-state index contributed by atoms with van der Waals surface area (Å²) < 4.78 is 10.7. The highest BCUT2D eigenvalue weighted by atomic mass is 127. The molecule has 0 aliphatic carbocycles. The van der Waals surface area contributed by atoms with Crippen LogP contribution in [0.5, 0.6) is 11.5 Å². The summed E-state index contributed by atoms with van der Waals surface area (Å²) in [5, 5.41) is 6.38. The highest BCUT2D eigenvalue weighted by Crippen LogP contribution is 2.19. The number of carbonyl (C=O) groups is 1. The van der Waals surface area contributed by atoms with Gasteiger partial charge in [-0.25, -0.2) is 4.99 Å². The molecule has 0 aliphatic rings. The molecule has 30 heavy (non-hydrogen) atoms.